The van der Waals surface area contributed by atoms with Crippen molar-refractivity contribution in [3.8, 4) is 0 Å². The monoisotopic (exact) mass is 238 g/mol. The minimum absolute atomic E-state index is 0.636. The van der Waals surface area contributed by atoms with Gasteiger partial charge in [0, 0.05) is 13.1 Å². The van der Waals surface area contributed by atoms with Crippen LogP contribution in [0.5, 0.6) is 0 Å². The number of rotatable bonds is 5. The quantitative estimate of drug-likeness (QED) is 0.845. The highest BCUT2D eigenvalue weighted by atomic mass is 16.4. The Hall–Kier alpha value is -1.10. The van der Waals surface area contributed by atoms with Gasteiger partial charge in [-0.25, -0.2) is 0 Å². The predicted octanol–water partition coefficient (Wildman–Crippen LogP) is 1.66. The fraction of sp³-hybridized carbons (Fsp3) is 0.833. The van der Waals surface area contributed by atoms with Gasteiger partial charge >= 0.3 is 6.01 Å². The Morgan fingerprint density at radius 2 is 2.29 bits per heavy atom. The Kier molecular flexibility index (Phi) is 3.99. The number of aromatic nitrogens is 2. The smallest absolute Gasteiger partial charge is 0.318 e. The van der Waals surface area contributed by atoms with E-state index in [2.05, 4.69) is 41.2 Å². The number of hydrogen-bond donors (Lipinski definition) is 1. The van der Waals surface area contributed by atoms with Gasteiger partial charge < -0.3 is 14.6 Å². The van der Waals surface area contributed by atoms with Crippen LogP contribution < -0.4 is 10.2 Å². The lowest BCUT2D eigenvalue weighted by atomic mass is 10.2. The van der Waals surface area contributed by atoms with Gasteiger partial charge in [0.25, 0.3) is 0 Å². The lowest BCUT2D eigenvalue weighted by Crippen LogP contribution is -2.19. The SMILES string of the molecule is CC(C)CNCc1nnc(N2CCC(C)C2)o1. The molecule has 0 aliphatic carbocycles. The summed E-state index contributed by atoms with van der Waals surface area (Å²) in [6.45, 7) is 10.3. The maximum absolute atomic E-state index is 5.64. The first-order valence-electron chi connectivity index (χ1n) is 6.43. The van der Waals surface area contributed by atoms with E-state index in [4.69, 9.17) is 4.42 Å². The molecule has 0 spiro atoms. The molecule has 2 rings (SSSR count). The van der Waals surface area contributed by atoms with Crippen LogP contribution in [0.1, 0.15) is 33.1 Å². The van der Waals surface area contributed by atoms with E-state index in [0.29, 0.717) is 24.4 Å². The molecule has 1 N–H and O–H groups in total. The molecule has 5 heteroatoms. The predicted molar refractivity (Wildman–Crippen MR) is 66.8 cm³/mol. The van der Waals surface area contributed by atoms with E-state index in [0.717, 1.165) is 25.6 Å². The van der Waals surface area contributed by atoms with Crippen LogP contribution in [0.4, 0.5) is 6.01 Å². The van der Waals surface area contributed by atoms with Gasteiger partial charge in [-0.3, -0.25) is 0 Å². The zero-order chi connectivity index (χ0) is 12.3. The second-order valence-electron chi connectivity index (χ2n) is 5.34. The first-order chi connectivity index (χ1) is 8.15. The van der Waals surface area contributed by atoms with Crippen LogP contribution >= 0.6 is 0 Å². The summed E-state index contributed by atoms with van der Waals surface area (Å²) >= 11 is 0. The molecule has 0 amide bonds. The summed E-state index contributed by atoms with van der Waals surface area (Å²) in [5.41, 5.74) is 0. The molecular formula is C12H22N4O. The van der Waals surface area contributed by atoms with Crippen molar-refractivity contribution in [1.82, 2.24) is 15.5 Å². The highest BCUT2D eigenvalue weighted by Crippen LogP contribution is 2.21. The van der Waals surface area contributed by atoms with Crippen molar-refractivity contribution >= 4 is 6.01 Å². The Morgan fingerprint density at radius 3 is 2.94 bits per heavy atom. The molecule has 17 heavy (non-hydrogen) atoms. The maximum atomic E-state index is 5.64. The zero-order valence-corrected chi connectivity index (χ0v) is 10.9. The first kappa shape index (κ1) is 12.4. The minimum atomic E-state index is 0.636. The highest BCUT2D eigenvalue weighted by Gasteiger charge is 2.23. The van der Waals surface area contributed by atoms with Gasteiger partial charge in [0.15, 0.2) is 0 Å². The molecule has 1 aliphatic rings. The number of nitrogens with one attached hydrogen (secondary N) is 1. The topological polar surface area (TPSA) is 54.2 Å². The molecule has 0 aromatic carbocycles. The third kappa shape index (κ3) is 3.43. The second-order valence-corrected chi connectivity index (χ2v) is 5.34. The van der Waals surface area contributed by atoms with Gasteiger partial charge in [0.1, 0.15) is 0 Å². The number of anilines is 1. The van der Waals surface area contributed by atoms with Gasteiger partial charge in [0.05, 0.1) is 6.54 Å². The lowest BCUT2D eigenvalue weighted by molar-refractivity contribution is 0.450. The van der Waals surface area contributed by atoms with Crippen molar-refractivity contribution in [2.24, 2.45) is 11.8 Å². The summed E-state index contributed by atoms with van der Waals surface area (Å²) in [5, 5.41) is 11.5. The Bertz CT molecular complexity index is 350. The van der Waals surface area contributed by atoms with Crippen molar-refractivity contribution in [3.05, 3.63) is 5.89 Å². The van der Waals surface area contributed by atoms with Gasteiger partial charge in [-0.15, -0.1) is 5.10 Å². The third-order valence-electron chi connectivity index (χ3n) is 2.98. The first-order valence-corrected chi connectivity index (χ1v) is 6.43. The summed E-state index contributed by atoms with van der Waals surface area (Å²) in [7, 11) is 0. The average Bonchev–Trinajstić information content (AvgIpc) is 2.86. The number of nitrogens with zero attached hydrogens (tertiary/aromatic N) is 3. The van der Waals surface area contributed by atoms with Crippen LogP contribution in [0, 0.1) is 11.8 Å². The van der Waals surface area contributed by atoms with Crippen molar-refractivity contribution in [2.75, 3.05) is 24.5 Å². The van der Waals surface area contributed by atoms with E-state index in [1.165, 1.54) is 6.42 Å². The molecular weight excluding hydrogens is 216 g/mol. The van der Waals surface area contributed by atoms with E-state index in [1.807, 2.05) is 0 Å². The summed E-state index contributed by atoms with van der Waals surface area (Å²) in [6.07, 6.45) is 1.21. The standard InChI is InChI=1S/C12H22N4O/c1-9(2)6-13-7-11-14-15-12(17-11)16-5-4-10(3)8-16/h9-10,13H,4-8H2,1-3H3. The minimum Gasteiger partial charge on any atom is -0.407 e. The fourth-order valence-corrected chi connectivity index (χ4v) is 2.02. The molecule has 0 radical (unpaired) electrons. The molecule has 1 aromatic heterocycles. The van der Waals surface area contributed by atoms with Crippen LogP contribution in [0.2, 0.25) is 0 Å². The van der Waals surface area contributed by atoms with Crippen molar-refractivity contribution in [1.29, 1.82) is 0 Å². The molecule has 0 bridgehead atoms. The van der Waals surface area contributed by atoms with Crippen molar-refractivity contribution in [2.45, 2.75) is 33.7 Å². The molecule has 1 unspecified atom stereocenters. The van der Waals surface area contributed by atoms with E-state index >= 15 is 0 Å². The Balaban J connectivity index is 1.83. The summed E-state index contributed by atoms with van der Waals surface area (Å²) in [4.78, 5) is 2.17. The fourth-order valence-electron chi connectivity index (χ4n) is 2.02. The normalized spacial score (nSPS) is 20.5. The molecule has 1 aliphatic heterocycles. The van der Waals surface area contributed by atoms with Crippen LogP contribution in [0.15, 0.2) is 4.42 Å². The zero-order valence-electron chi connectivity index (χ0n) is 10.9. The van der Waals surface area contributed by atoms with E-state index < -0.39 is 0 Å². The molecule has 0 saturated carbocycles. The second kappa shape index (κ2) is 5.49. The molecule has 1 aromatic rings. The van der Waals surface area contributed by atoms with Crippen LogP contribution in [-0.4, -0.2) is 29.8 Å². The van der Waals surface area contributed by atoms with Crippen LogP contribution in [0.25, 0.3) is 0 Å². The van der Waals surface area contributed by atoms with Crippen LogP contribution in [0.3, 0.4) is 0 Å². The summed E-state index contributed by atoms with van der Waals surface area (Å²) in [5.74, 6) is 2.04. The molecule has 5 nitrogen and oxygen atoms in total. The molecule has 1 fully saturated rings. The third-order valence-corrected chi connectivity index (χ3v) is 2.98. The van der Waals surface area contributed by atoms with Gasteiger partial charge in [0.2, 0.25) is 5.89 Å². The van der Waals surface area contributed by atoms with Crippen LogP contribution in [-0.2, 0) is 6.54 Å². The number of hydrogen-bond acceptors (Lipinski definition) is 5. The van der Waals surface area contributed by atoms with E-state index in [1.54, 1.807) is 0 Å². The largest absolute Gasteiger partial charge is 0.407 e. The van der Waals surface area contributed by atoms with Gasteiger partial charge in [-0.05, 0) is 24.8 Å². The van der Waals surface area contributed by atoms with Crippen molar-refractivity contribution < 1.29 is 4.42 Å². The average molecular weight is 238 g/mol. The van der Waals surface area contributed by atoms with E-state index in [9.17, 15) is 0 Å². The molecule has 2 heterocycles. The summed E-state index contributed by atoms with van der Waals surface area (Å²) in [6, 6.07) is 0.677. The van der Waals surface area contributed by atoms with Gasteiger partial charge in [-0.1, -0.05) is 25.9 Å². The Morgan fingerprint density at radius 1 is 1.47 bits per heavy atom. The van der Waals surface area contributed by atoms with Crippen molar-refractivity contribution in [3.63, 3.8) is 0 Å². The molecule has 96 valence electrons. The molecule has 1 saturated heterocycles. The lowest BCUT2D eigenvalue weighted by Gasteiger charge is -2.11. The highest BCUT2D eigenvalue weighted by molar-refractivity contribution is 5.26. The van der Waals surface area contributed by atoms with E-state index in [-0.39, 0.29) is 0 Å². The Labute approximate surface area is 103 Å². The maximum Gasteiger partial charge on any atom is 0.318 e. The summed E-state index contributed by atoms with van der Waals surface area (Å²) < 4.78 is 5.64. The molecule has 1 atom stereocenters. The van der Waals surface area contributed by atoms with Gasteiger partial charge in [-0.2, -0.15) is 0 Å².